The first-order valence-electron chi connectivity index (χ1n) is 10.3. The highest BCUT2D eigenvalue weighted by Crippen LogP contribution is 2.11. The fourth-order valence-corrected chi connectivity index (χ4v) is 2.94. The molecule has 0 amide bonds. The molecule has 0 spiro atoms. The van der Waals surface area contributed by atoms with E-state index in [-0.39, 0.29) is 0 Å². The van der Waals surface area contributed by atoms with Crippen molar-refractivity contribution < 1.29 is 14.2 Å². The highest BCUT2D eigenvalue weighted by molar-refractivity contribution is 5.79. The van der Waals surface area contributed by atoms with Gasteiger partial charge in [-0.25, -0.2) is 4.99 Å². The molecule has 1 aromatic carbocycles. The summed E-state index contributed by atoms with van der Waals surface area (Å²) in [5.74, 6) is 1.72. The summed E-state index contributed by atoms with van der Waals surface area (Å²) < 4.78 is 16.0. The average molecular weight is 393 g/mol. The Morgan fingerprint density at radius 1 is 1.11 bits per heavy atom. The minimum Gasteiger partial charge on any atom is -0.497 e. The number of nitrogens with one attached hydrogen (secondary N) is 2. The van der Waals surface area contributed by atoms with Gasteiger partial charge in [-0.1, -0.05) is 12.1 Å². The highest BCUT2D eigenvalue weighted by Gasteiger charge is 2.09. The van der Waals surface area contributed by atoms with Gasteiger partial charge >= 0.3 is 0 Å². The molecule has 0 bridgehead atoms. The first-order valence-corrected chi connectivity index (χ1v) is 10.3. The minimum atomic E-state index is 0.633. The molecule has 0 radical (unpaired) electrons. The molecule has 7 nitrogen and oxygen atoms in total. The van der Waals surface area contributed by atoms with E-state index in [9.17, 15) is 0 Å². The monoisotopic (exact) mass is 392 g/mol. The van der Waals surface area contributed by atoms with Crippen LogP contribution in [0.1, 0.15) is 25.3 Å². The van der Waals surface area contributed by atoms with E-state index in [1.54, 1.807) is 7.11 Å². The van der Waals surface area contributed by atoms with Crippen molar-refractivity contribution in [1.82, 2.24) is 15.5 Å². The van der Waals surface area contributed by atoms with E-state index < -0.39 is 0 Å². The largest absolute Gasteiger partial charge is 0.497 e. The molecule has 1 saturated heterocycles. The summed E-state index contributed by atoms with van der Waals surface area (Å²) in [6.45, 7) is 10.8. The number of ether oxygens (including phenoxy) is 3. The zero-order valence-electron chi connectivity index (χ0n) is 17.4. The third-order valence-electron chi connectivity index (χ3n) is 4.59. The Morgan fingerprint density at radius 2 is 1.82 bits per heavy atom. The van der Waals surface area contributed by atoms with Crippen LogP contribution in [0.25, 0.3) is 0 Å². The first-order chi connectivity index (χ1) is 13.8. The van der Waals surface area contributed by atoms with Crippen LogP contribution in [0.2, 0.25) is 0 Å². The van der Waals surface area contributed by atoms with Crippen LogP contribution >= 0.6 is 0 Å². The summed E-state index contributed by atoms with van der Waals surface area (Å²) in [4.78, 5) is 7.18. The molecule has 1 aliphatic heterocycles. The van der Waals surface area contributed by atoms with Gasteiger partial charge in [-0.15, -0.1) is 0 Å². The molecule has 0 unspecified atom stereocenters. The number of guanidine groups is 1. The van der Waals surface area contributed by atoms with Gasteiger partial charge in [-0.3, -0.25) is 4.90 Å². The predicted octanol–water partition coefficient (Wildman–Crippen LogP) is 1.88. The number of morpholine rings is 1. The van der Waals surface area contributed by atoms with Crippen molar-refractivity contribution in [2.75, 3.05) is 66.3 Å². The van der Waals surface area contributed by atoms with Crippen molar-refractivity contribution in [3.8, 4) is 5.75 Å². The second kappa shape index (κ2) is 14.2. The second-order valence-electron chi connectivity index (χ2n) is 6.72. The van der Waals surface area contributed by atoms with Gasteiger partial charge in [-0.2, -0.15) is 0 Å². The maximum Gasteiger partial charge on any atom is 0.191 e. The number of aliphatic imine (C=N–C) groups is 1. The fourth-order valence-electron chi connectivity index (χ4n) is 2.94. The maximum absolute atomic E-state index is 5.40. The summed E-state index contributed by atoms with van der Waals surface area (Å²) in [5, 5.41) is 6.87. The van der Waals surface area contributed by atoms with Crippen LogP contribution in [-0.2, 0) is 16.0 Å². The maximum atomic E-state index is 5.40. The Bertz CT molecular complexity index is 545. The minimum absolute atomic E-state index is 0.633. The fraction of sp³-hybridized carbons (Fsp3) is 0.667. The van der Waals surface area contributed by atoms with Gasteiger partial charge in [-0.05, 0) is 44.0 Å². The van der Waals surface area contributed by atoms with Crippen LogP contribution in [0.3, 0.4) is 0 Å². The number of methoxy groups -OCH3 is 1. The highest BCUT2D eigenvalue weighted by atomic mass is 16.5. The Hall–Kier alpha value is -1.83. The third kappa shape index (κ3) is 9.39. The lowest BCUT2D eigenvalue weighted by Crippen LogP contribution is -2.41. The normalized spacial score (nSPS) is 15.4. The SMILES string of the molecule is CCOCCCNC(=NCc1ccc(OC)cc1)NCCCN1CCOCC1. The Kier molecular flexibility index (Phi) is 11.4. The lowest BCUT2D eigenvalue weighted by atomic mass is 10.2. The zero-order chi connectivity index (χ0) is 19.9. The van der Waals surface area contributed by atoms with Gasteiger partial charge in [0.25, 0.3) is 0 Å². The van der Waals surface area contributed by atoms with E-state index in [0.717, 1.165) is 89.3 Å². The van der Waals surface area contributed by atoms with Crippen molar-refractivity contribution in [1.29, 1.82) is 0 Å². The van der Waals surface area contributed by atoms with Crippen molar-refractivity contribution >= 4 is 5.96 Å². The molecule has 158 valence electrons. The summed E-state index contributed by atoms with van der Waals surface area (Å²) >= 11 is 0. The topological polar surface area (TPSA) is 67.3 Å². The molecule has 0 aromatic heterocycles. The van der Waals surface area contributed by atoms with Gasteiger partial charge in [0.1, 0.15) is 5.75 Å². The molecule has 7 heteroatoms. The number of hydrogen-bond donors (Lipinski definition) is 2. The molecule has 0 saturated carbocycles. The van der Waals surface area contributed by atoms with Crippen LogP contribution in [0, 0.1) is 0 Å². The van der Waals surface area contributed by atoms with E-state index in [2.05, 4.69) is 15.5 Å². The molecule has 2 N–H and O–H groups in total. The predicted molar refractivity (Wildman–Crippen MR) is 113 cm³/mol. The zero-order valence-corrected chi connectivity index (χ0v) is 17.4. The number of nitrogens with zero attached hydrogens (tertiary/aromatic N) is 2. The van der Waals surface area contributed by atoms with Crippen molar-refractivity contribution in [3.63, 3.8) is 0 Å². The number of rotatable bonds is 12. The molecule has 1 fully saturated rings. The average Bonchev–Trinajstić information content (AvgIpc) is 2.75. The van der Waals surface area contributed by atoms with Crippen LogP contribution in [-0.4, -0.2) is 77.1 Å². The molecule has 1 aromatic rings. The van der Waals surface area contributed by atoms with Crippen molar-refractivity contribution in [2.24, 2.45) is 4.99 Å². The first kappa shape index (κ1) is 22.5. The molecule has 1 aliphatic rings. The van der Waals surface area contributed by atoms with Gasteiger partial charge in [0.05, 0.1) is 26.9 Å². The molecule has 28 heavy (non-hydrogen) atoms. The van der Waals surface area contributed by atoms with Crippen molar-refractivity contribution in [2.45, 2.75) is 26.3 Å². The summed E-state index contributed by atoms with van der Waals surface area (Å²) in [7, 11) is 1.68. The summed E-state index contributed by atoms with van der Waals surface area (Å²) in [6.07, 6.45) is 2.05. The molecule has 0 aliphatic carbocycles. The quantitative estimate of drug-likeness (QED) is 0.322. The summed E-state index contributed by atoms with van der Waals surface area (Å²) in [6, 6.07) is 8.03. The van der Waals surface area contributed by atoms with E-state index >= 15 is 0 Å². The van der Waals surface area contributed by atoms with Crippen LogP contribution in [0.5, 0.6) is 5.75 Å². The van der Waals surface area contributed by atoms with Crippen LogP contribution < -0.4 is 15.4 Å². The van der Waals surface area contributed by atoms with E-state index in [1.165, 1.54) is 0 Å². The van der Waals surface area contributed by atoms with Gasteiger partial charge in [0.15, 0.2) is 5.96 Å². The van der Waals surface area contributed by atoms with Crippen molar-refractivity contribution in [3.05, 3.63) is 29.8 Å². The Balaban J connectivity index is 1.76. The lowest BCUT2D eigenvalue weighted by Gasteiger charge is -2.26. The number of benzene rings is 1. The standard InChI is InChI=1S/C21H36N4O3/c1-3-27-15-5-11-23-21(22-10-4-12-25-13-16-28-17-14-25)24-18-19-6-8-20(26-2)9-7-19/h6-9H,3-5,10-18H2,1-2H3,(H2,22,23,24). The van der Waals surface area contributed by atoms with Gasteiger partial charge in [0.2, 0.25) is 0 Å². The molecular formula is C21H36N4O3. The molecular weight excluding hydrogens is 356 g/mol. The lowest BCUT2D eigenvalue weighted by molar-refractivity contribution is 0.0376. The summed E-state index contributed by atoms with van der Waals surface area (Å²) in [5.41, 5.74) is 1.16. The van der Waals surface area contributed by atoms with Gasteiger partial charge < -0.3 is 24.8 Å². The van der Waals surface area contributed by atoms with E-state index in [0.29, 0.717) is 6.54 Å². The van der Waals surface area contributed by atoms with E-state index in [1.807, 2.05) is 31.2 Å². The second-order valence-corrected chi connectivity index (χ2v) is 6.72. The van der Waals surface area contributed by atoms with Crippen LogP contribution in [0.4, 0.5) is 0 Å². The number of hydrogen-bond acceptors (Lipinski definition) is 5. The smallest absolute Gasteiger partial charge is 0.191 e. The van der Waals surface area contributed by atoms with E-state index in [4.69, 9.17) is 19.2 Å². The molecule has 1 heterocycles. The Labute approximate surface area is 169 Å². The molecule has 0 atom stereocenters. The molecule has 2 rings (SSSR count). The van der Waals surface area contributed by atoms with Gasteiger partial charge in [0, 0.05) is 39.4 Å². The third-order valence-corrected chi connectivity index (χ3v) is 4.59. The Morgan fingerprint density at radius 3 is 2.50 bits per heavy atom. The van der Waals surface area contributed by atoms with Crippen LogP contribution in [0.15, 0.2) is 29.3 Å².